The first kappa shape index (κ1) is 17.0. The monoisotopic (exact) mass is 339 g/mol. The molecule has 0 unspecified atom stereocenters. The highest BCUT2D eigenvalue weighted by molar-refractivity contribution is 5.98. The number of aryl methyl sites for hydroxylation is 3. The van der Waals surface area contributed by atoms with Crippen molar-refractivity contribution < 1.29 is 19.1 Å². The molecule has 0 fully saturated rings. The van der Waals surface area contributed by atoms with Crippen molar-refractivity contribution in [2.75, 3.05) is 24.7 Å². The molecular formula is C20H21NO4. The molecule has 5 heteroatoms. The van der Waals surface area contributed by atoms with E-state index in [0.717, 1.165) is 22.4 Å². The lowest BCUT2D eigenvalue weighted by Gasteiger charge is -2.29. The van der Waals surface area contributed by atoms with Crippen LogP contribution in [-0.4, -0.2) is 31.6 Å². The van der Waals surface area contributed by atoms with E-state index in [2.05, 4.69) is 0 Å². The highest BCUT2D eigenvalue weighted by atomic mass is 16.5. The quantitative estimate of drug-likeness (QED) is 0.806. The highest BCUT2D eigenvalue weighted by Crippen LogP contribution is 2.32. The van der Waals surface area contributed by atoms with E-state index in [1.807, 2.05) is 45.0 Å². The van der Waals surface area contributed by atoms with E-state index in [-0.39, 0.29) is 12.5 Å². The van der Waals surface area contributed by atoms with Crippen LogP contribution in [0, 0.1) is 20.8 Å². The van der Waals surface area contributed by atoms with Gasteiger partial charge in [0, 0.05) is 0 Å². The molecule has 130 valence electrons. The summed E-state index contributed by atoms with van der Waals surface area (Å²) < 4.78 is 10.8. The van der Waals surface area contributed by atoms with Crippen LogP contribution in [0.3, 0.4) is 0 Å². The van der Waals surface area contributed by atoms with Crippen LogP contribution in [0.4, 0.5) is 5.69 Å². The van der Waals surface area contributed by atoms with Gasteiger partial charge in [-0.2, -0.15) is 0 Å². The molecule has 2 aromatic rings. The van der Waals surface area contributed by atoms with Crippen molar-refractivity contribution in [3.63, 3.8) is 0 Å². The Morgan fingerprint density at radius 3 is 2.64 bits per heavy atom. The lowest BCUT2D eigenvalue weighted by molar-refractivity contribution is -0.121. The standard InChI is InChI=1S/C20H21NO4/c1-13-4-7-18-17(10-13)21(8-9-24-18)19(22)12-25-20(23)16-6-5-14(2)15(3)11-16/h4-7,10-11H,8-9,12H2,1-3H3. The fraction of sp³-hybridized carbons (Fsp3) is 0.300. The minimum atomic E-state index is -0.492. The van der Waals surface area contributed by atoms with Gasteiger partial charge in [0.1, 0.15) is 12.4 Å². The SMILES string of the molecule is Cc1ccc2c(c1)N(C(=O)COC(=O)c1ccc(C)c(C)c1)CCO2. The number of hydrogen-bond acceptors (Lipinski definition) is 4. The summed E-state index contributed by atoms with van der Waals surface area (Å²) in [7, 11) is 0. The average molecular weight is 339 g/mol. The molecular weight excluding hydrogens is 318 g/mol. The summed E-state index contributed by atoms with van der Waals surface area (Å²) >= 11 is 0. The zero-order valence-corrected chi connectivity index (χ0v) is 14.7. The van der Waals surface area contributed by atoms with Gasteiger partial charge in [-0.25, -0.2) is 4.79 Å². The summed E-state index contributed by atoms with van der Waals surface area (Å²) in [6.07, 6.45) is 0. The molecule has 0 aliphatic carbocycles. The van der Waals surface area contributed by atoms with Gasteiger partial charge in [0.25, 0.3) is 5.91 Å². The molecule has 0 atom stereocenters. The van der Waals surface area contributed by atoms with Crippen molar-refractivity contribution >= 4 is 17.6 Å². The van der Waals surface area contributed by atoms with Gasteiger partial charge < -0.3 is 14.4 Å². The average Bonchev–Trinajstić information content (AvgIpc) is 2.61. The van der Waals surface area contributed by atoms with Crippen LogP contribution in [0.15, 0.2) is 36.4 Å². The van der Waals surface area contributed by atoms with Crippen LogP contribution in [-0.2, 0) is 9.53 Å². The fourth-order valence-electron chi connectivity index (χ4n) is 2.74. The van der Waals surface area contributed by atoms with E-state index in [9.17, 15) is 9.59 Å². The molecule has 0 spiro atoms. The van der Waals surface area contributed by atoms with Crippen LogP contribution >= 0.6 is 0 Å². The molecule has 1 amide bonds. The Morgan fingerprint density at radius 1 is 1.08 bits per heavy atom. The van der Waals surface area contributed by atoms with Gasteiger partial charge in [-0.3, -0.25) is 4.79 Å². The molecule has 3 rings (SSSR count). The van der Waals surface area contributed by atoms with Gasteiger partial charge in [0.15, 0.2) is 6.61 Å². The third-order valence-electron chi connectivity index (χ3n) is 4.35. The second-order valence-corrected chi connectivity index (χ2v) is 6.24. The third kappa shape index (κ3) is 3.65. The van der Waals surface area contributed by atoms with Gasteiger partial charge in [0.05, 0.1) is 17.8 Å². The number of carbonyl (C=O) groups is 2. The molecule has 0 aromatic heterocycles. The van der Waals surface area contributed by atoms with Crippen LogP contribution in [0.1, 0.15) is 27.0 Å². The topological polar surface area (TPSA) is 55.8 Å². The number of benzene rings is 2. The highest BCUT2D eigenvalue weighted by Gasteiger charge is 2.24. The lowest BCUT2D eigenvalue weighted by Crippen LogP contribution is -2.40. The second-order valence-electron chi connectivity index (χ2n) is 6.24. The summed E-state index contributed by atoms with van der Waals surface area (Å²) in [6, 6.07) is 11.0. The van der Waals surface area contributed by atoms with Crippen LogP contribution in [0.2, 0.25) is 0 Å². The number of carbonyl (C=O) groups excluding carboxylic acids is 2. The van der Waals surface area contributed by atoms with Gasteiger partial charge in [0.2, 0.25) is 0 Å². The van der Waals surface area contributed by atoms with Gasteiger partial charge in [-0.1, -0.05) is 12.1 Å². The summed E-state index contributed by atoms with van der Waals surface area (Å²) in [5.74, 6) is -0.0767. The number of amides is 1. The van der Waals surface area contributed by atoms with Crippen molar-refractivity contribution in [2.24, 2.45) is 0 Å². The molecule has 1 aliphatic heterocycles. The number of nitrogens with zero attached hydrogens (tertiary/aromatic N) is 1. The Morgan fingerprint density at radius 2 is 1.88 bits per heavy atom. The molecule has 1 heterocycles. The van der Waals surface area contributed by atoms with E-state index in [0.29, 0.717) is 24.5 Å². The normalized spacial score (nSPS) is 13.0. The van der Waals surface area contributed by atoms with Crippen molar-refractivity contribution in [1.29, 1.82) is 0 Å². The maximum absolute atomic E-state index is 12.5. The van der Waals surface area contributed by atoms with E-state index < -0.39 is 5.97 Å². The predicted octanol–water partition coefficient (Wildman–Crippen LogP) is 3.19. The minimum absolute atomic E-state index is 0.257. The number of esters is 1. The Kier molecular flexibility index (Phi) is 4.74. The number of rotatable bonds is 3. The van der Waals surface area contributed by atoms with Crippen molar-refractivity contribution in [3.8, 4) is 5.75 Å². The smallest absolute Gasteiger partial charge is 0.338 e. The molecule has 5 nitrogen and oxygen atoms in total. The lowest BCUT2D eigenvalue weighted by atomic mass is 10.1. The zero-order valence-electron chi connectivity index (χ0n) is 14.7. The molecule has 2 aromatic carbocycles. The first-order chi connectivity index (χ1) is 12.0. The van der Waals surface area contributed by atoms with E-state index in [1.54, 1.807) is 17.0 Å². The largest absolute Gasteiger partial charge is 0.490 e. The number of fused-ring (bicyclic) bond motifs is 1. The second kappa shape index (κ2) is 6.97. The Balaban J connectivity index is 1.68. The summed E-state index contributed by atoms with van der Waals surface area (Å²) in [5, 5.41) is 0. The van der Waals surface area contributed by atoms with Gasteiger partial charge in [-0.05, 0) is 61.7 Å². The maximum Gasteiger partial charge on any atom is 0.338 e. The van der Waals surface area contributed by atoms with Crippen molar-refractivity contribution in [3.05, 3.63) is 58.7 Å². The van der Waals surface area contributed by atoms with Crippen LogP contribution in [0.25, 0.3) is 0 Å². The zero-order chi connectivity index (χ0) is 18.0. The summed E-state index contributed by atoms with van der Waals surface area (Å²) in [4.78, 5) is 26.3. The summed E-state index contributed by atoms with van der Waals surface area (Å²) in [6.45, 7) is 6.44. The minimum Gasteiger partial charge on any atom is -0.490 e. The number of anilines is 1. The van der Waals surface area contributed by atoms with E-state index in [4.69, 9.17) is 9.47 Å². The molecule has 0 saturated carbocycles. The van der Waals surface area contributed by atoms with Gasteiger partial charge in [-0.15, -0.1) is 0 Å². The summed E-state index contributed by atoms with van der Waals surface area (Å²) in [5.41, 5.74) is 4.33. The van der Waals surface area contributed by atoms with E-state index >= 15 is 0 Å². The van der Waals surface area contributed by atoms with E-state index in [1.165, 1.54) is 0 Å². The molecule has 1 aliphatic rings. The Labute approximate surface area is 147 Å². The van der Waals surface area contributed by atoms with Crippen molar-refractivity contribution in [1.82, 2.24) is 0 Å². The van der Waals surface area contributed by atoms with Crippen LogP contribution in [0.5, 0.6) is 5.75 Å². The Hall–Kier alpha value is -2.82. The molecule has 0 bridgehead atoms. The van der Waals surface area contributed by atoms with Crippen LogP contribution < -0.4 is 9.64 Å². The molecule has 0 radical (unpaired) electrons. The third-order valence-corrected chi connectivity index (χ3v) is 4.35. The maximum atomic E-state index is 12.5. The predicted molar refractivity (Wildman–Crippen MR) is 95.2 cm³/mol. The van der Waals surface area contributed by atoms with Crippen molar-refractivity contribution in [2.45, 2.75) is 20.8 Å². The molecule has 0 saturated heterocycles. The first-order valence-electron chi connectivity index (χ1n) is 8.24. The molecule has 0 N–H and O–H groups in total. The molecule has 25 heavy (non-hydrogen) atoms. The number of ether oxygens (including phenoxy) is 2. The fourth-order valence-corrected chi connectivity index (χ4v) is 2.74. The Bertz CT molecular complexity index is 828. The first-order valence-corrected chi connectivity index (χ1v) is 8.24. The number of hydrogen-bond donors (Lipinski definition) is 0. The van der Waals surface area contributed by atoms with Gasteiger partial charge >= 0.3 is 5.97 Å².